The van der Waals surface area contributed by atoms with Crippen molar-refractivity contribution in [1.29, 1.82) is 0 Å². The number of methoxy groups -OCH3 is 1. The molecule has 0 bridgehead atoms. The third-order valence-corrected chi connectivity index (χ3v) is 5.84. The largest absolute Gasteiger partial charge is 0.507 e. The van der Waals surface area contributed by atoms with Crippen LogP contribution in [0.1, 0.15) is 40.7 Å². The van der Waals surface area contributed by atoms with Crippen LogP contribution in [0.4, 0.5) is 8.78 Å². The van der Waals surface area contributed by atoms with Gasteiger partial charge in [0.15, 0.2) is 0 Å². The number of unbranched alkanes of at least 4 members (excludes halogenated alkanes) is 1. The van der Waals surface area contributed by atoms with E-state index in [-0.39, 0.29) is 42.4 Å². The lowest BCUT2D eigenvalue weighted by Crippen LogP contribution is -2.25. The maximum Gasteiger partial charge on any atom is 0.399 e. The van der Waals surface area contributed by atoms with Gasteiger partial charge in [-0.1, -0.05) is 30.3 Å². The monoisotopic (exact) mass is 501 g/mol. The van der Waals surface area contributed by atoms with Crippen molar-refractivity contribution in [2.24, 2.45) is 0 Å². The molecule has 2 aromatic carbocycles. The van der Waals surface area contributed by atoms with Crippen LogP contribution >= 0.6 is 7.60 Å². The predicted molar refractivity (Wildman–Crippen MR) is 118 cm³/mol. The van der Waals surface area contributed by atoms with E-state index in [0.717, 1.165) is 12.1 Å². The van der Waals surface area contributed by atoms with Gasteiger partial charge < -0.3 is 29.7 Å². The summed E-state index contributed by atoms with van der Waals surface area (Å²) in [7, 11) is -4.43. The zero-order chi connectivity index (χ0) is 25.4. The van der Waals surface area contributed by atoms with Crippen molar-refractivity contribution in [3.63, 3.8) is 0 Å². The van der Waals surface area contributed by atoms with Gasteiger partial charge in [-0.05, 0) is 37.0 Å². The maximum atomic E-state index is 13.7. The number of aryl methyl sites for hydroxylation is 1. The van der Waals surface area contributed by atoms with Gasteiger partial charge in [0.1, 0.15) is 17.1 Å². The second-order valence-electron chi connectivity index (χ2n) is 7.33. The third kappa shape index (κ3) is 7.24. The number of benzene rings is 2. The van der Waals surface area contributed by atoms with Crippen LogP contribution in [0.25, 0.3) is 0 Å². The number of phenols is 1. The summed E-state index contributed by atoms with van der Waals surface area (Å²) in [5, 5.41) is 12.5. The number of hydrogen-bond donors (Lipinski definition) is 4. The number of nitrogens with one attached hydrogen (secondary N) is 1. The minimum atomic E-state index is -5.62. The number of alkyl halides is 2. The molecule has 0 saturated heterocycles. The summed E-state index contributed by atoms with van der Waals surface area (Å²) < 4.78 is 48.4. The van der Waals surface area contributed by atoms with Crippen LogP contribution in [-0.4, -0.2) is 47.0 Å². The number of amides is 1. The Hall–Kier alpha value is -3.01. The first-order valence-corrected chi connectivity index (χ1v) is 11.9. The lowest BCUT2D eigenvalue weighted by atomic mass is 10.1. The predicted octanol–water partition coefficient (Wildman–Crippen LogP) is 3.31. The molecular weight excluding hydrogens is 475 g/mol. The topological polar surface area (TPSA) is 142 Å². The molecule has 1 amide bonds. The molecule has 0 aliphatic rings. The highest BCUT2D eigenvalue weighted by molar-refractivity contribution is 7.52. The molecule has 2 aromatic rings. The second-order valence-corrected chi connectivity index (χ2v) is 8.98. The van der Waals surface area contributed by atoms with Gasteiger partial charge in [-0.2, -0.15) is 8.78 Å². The second kappa shape index (κ2) is 11.9. The normalized spacial score (nSPS) is 11.7. The zero-order valence-corrected chi connectivity index (χ0v) is 19.3. The van der Waals surface area contributed by atoms with Gasteiger partial charge in [-0.3, -0.25) is 9.36 Å². The lowest BCUT2D eigenvalue weighted by Gasteiger charge is -2.18. The fraction of sp³-hybridized carbons (Fsp3) is 0.364. The van der Waals surface area contributed by atoms with Crippen LogP contribution in [0.2, 0.25) is 0 Å². The molecule has 0 fully saturated rings. The van der Waals surface area contributed by atoms with Crippen molar-refractivity contribution in [2.45, 2.75) is 31.3 Å². The van der Waals surface area contributed by atoms with Crippen LogP contribution in [-0.2, 0) is 26.2 Å². The fourth-order valence-corrected chi connectivity index (χ4v) is 3.46. The first kappa shape index (κ1) is 27.2. The molecule has 0 unspecified atom stereocenters. The van der Waals surface area contributed by atoms with Crippen LogP contribution in [0.15, 0.2) is 42.5 Å². The van der Waals surface area contributed by atoms with Gasteiger partial charge in [0, 0.05) is 18.5 Å². The van der Waals surface area contributed by atoms with Gasteiger partial charge in [0.05, 0.1) is 13.7 Å². The summed E-state index contributed by atoms with van der Waals surface area (Å²) in [6.07, 6.45) is 1.52. The van der Waals surface area contributed by atoms with E-state index in [1.807, 2.05) is 0 Å². The highest BCUT2D eigenvalue weighted by Crippen LogP contribution is 2.59. The van der Waals surface area contributed by atoms with E-state index in [4.69, 9.17) is 14.5 Å². The number of halogens is 2. The molecule has 0 radical (unpaired) electrons. The number of rotatable bonds is 12. The molecule has 186 valence electrons. The Morgan fingerprint density at radius 3 is 2.38 bits per heavy atom. The number of phenolic OH excluding ortho intramolecular Hbond substituents is 1. The van der Waals surface area contributed by atoms with E-state index in [1.54, 1.807) is 0 Å². The smallest absolute Gasteiger partial charge is 0.399 e. The maximum absolute atomic E-state index is 13.7. The molecule has 0 aliphatic heterocycles. The molecule has 9 nitrogen and oxygen atoms in total. The van der Waals surface area contributed by atoms with E-state index in [0.29, 0.717) is 24.9 Å². The average Bonchev–Trinajstić information content (AvgIpc) is 2.79. The molecule has 2 rings (SSSR count). The van der Waals surface area contributed by atoms with Gasteiger partial charge in [0.2, 0.25) is 5.91 Å². The first-order chi connectivity index (χ1) is 16.0. The Labute approximate surface area is 194 Å². The van der Waals surface area contributed by atoms with Crippen molar-refractivity contribution in [3.8, 4) is 11.5 Å². The molecule has 0 spiro atoms. The summed E-state index contributed by atoms with van der Waals surface area (Å²) in [4.78, 5) is 41.3. The molecular formula is C22H26F2NO8P. The minimum Gasteiger partial charge on any atom is -0.507 e. The number of esters is 1. The molecule has 0 heterocycles. The fourth-order valence-electron chi connectivity index (χ4n) is 2.97. The molecule has 0 aliphatic carbocycles. The Balaban J connectivity index is 1.70. The standard InChI is InChI=1S/C22H26F2NO8P/c1-32-21(28)20-17(26)5-4-6-18(20)33-14-3-2-13-25-19(27)12-9-15-7-10-16(11-8-15)22(23,24)34(29,30)31/h4-8,10-11,26H,2-3,9,12-14H2,1H3,(H,25,27)(H2,29,30,31). The van der Waals surface area contributed by atoms with E-state index in [1.165, 1.54) is 37.4 Å². The van der Waals surface area contributed by atoms with Crippen LogP contribution in [0, 0.1) is 0 Å². The third-order valence-electron chi connectivity index (χ3n) is 4.85. The van der Waals surface area contributed by atoms with E-state index >= 15 is 0 Å². The summed E-state index contributed by atoms with van der Waals surface area (Å²) in [6.45, 7) is 0.619. The van der Waals surface area contributed by atoms with Crippen LogP contribution < -0.4 is 10.1 Å². The minimum absolute atomic E-state index is 0.0585. The van der Waals surface area contributed by atoms with Crippen molar-refractivity contribution in [2.75, 3.05) is 20.3 Å². The highest BCUT2D eigenvalue weighted by atomic mass is 31.2. The van der Waals surface area contributed by atoms with E-state index < -0.39 is 24.8 Å². The number of ether oxygens (including phenoxy) is 2. The van der Waals surface area contributed by atoms with Gasteiger partial charge in [0.25, 0.3) is 0 Å². The molecule has 0 aromatic heterocycles. The molecule has 12 heteroatoms. The summed E-state index contributed by atoms with van der Waals surface area (Å²) in [5.41, 5.74) is -4.55. The molecule has 34 heavy (non-hydrogen) atoms. The van der Waals surface area contributed by atoms with Crippen molar-refractivity contribution >= 4 is 19.5 Å². The Bertz CT molecular complexity index is 1040. The number of aromatic hydroxyl groups is 1. The lowest BCUT2D eigenvalue weighted by molar-refractivity contribution is -0.121. The van der Waals surface area contributed by atoms with Crippen LogP contribution in [0.5, 0.6) is 11.5 Å². The summed E-state index contributed by atoms with van der Waals surface area (Å²) >= 11 is 0. The van der Waals surface area contributed by atoms with Crippen molar-refractivity contribution < 1.29 is 47.3 Å². The first-order valence-electron chi connectivity index (χ1n) is 10.3. The Kier molecular flexibility index (Phi) is 9.55. The zero-order valence-electron chi connectivity index (χ0n) is 18.4. The Morgan fingerprint density at radius 1 is 1.09 bits per heavy atom. The van der Waals surface area contributed by atoms with Gasteiger partial charge >= 0.3 is 19.2 Å². The molecule has 4 N–H and O–H groups in total. The SMILES string of the molecule is COC(=O)c1c(O)cccc1OCCCCNC(=O)CCc1ccc(C(F)(F)P(=O)(O)O)cc1. The number of carbonyl (C=O) groups is 2. The molecule has 0 saturated carbocycles. The Morgan fingerprint density at radius 2 is 1.76 bits per heavy atom. The van der Waals surface area contributed by atoms with E-state index in [2.05, 4.69) is 10.1 Å². The van der Waals surface area contributed by atoms with E-state index in [9.17, 15) is 28.0 Å². The quantitative estimate of drug-likeness (QED) is 0.197. The average molecular weight is 501 g/mol. The molecule has 0 atom stereocenters. The van der Waals surface area contributed by atoms with Gasteiger partial charge in [-0.15, -0.1) is 0 Å². The number of carbonyl (C=O) groups excluding carboxylic acids is 2. The number of hydrogen-bond acceptors (Lipinski definition) is 6. The van der Waals surface area contributed by atoms with Crippen LogP contribution in [0.3, 0.4) is 0 Å². The highest BCUT2D eigenvalue weighted by Gasteiger charge is 2.50. The summed E-state index contributed by atoms with van der Waals surface area (Å²) in [5.74, 6) is -1.01. The van der Waals surface area contributed by atoms with Gasteiger partial charge in [-0.25, -0.2) is 4.79 Å². The summed E-state index contributed by atoms with van der Waals surface area (Å²) in [6, 6.07) is 8.89. The van der Waals surface area contributed by atoms with Crippen molar-refractivity contribution in [3.05, 3.63) is 59.2 Å². The van der Waals surface area contributed by atoms with Crippen molar-refractivity contribution in [1.82, 2.24) is 5.32 Å².